The van der Waals surface area contributed by atoms with Crippen LogP contribution in [0.25, 0.3) is 17.0 Å². The Kier molecular flexibility index (Phi) is 4.15. The standard InChI is InChI=1S/C19H17NO3/c1-22-14-8-9-16(19(11-14)23-2)18(21)10-7-13-12-20-17-6-4-3-5-15(13)17/h3-12,20H,1-2H3/b10-7+. The third kappa shape index (κ3) is 2.97. The summed E-state index contributed by atoms with van der Waals surface area (Å²) < 4.78 is 10.4. The molecule has 0 fully saturated rings. The van der Waals surface area contributed by atoms with Crippen molar-refractivity contribution in [2.75, 3.05) is 14.2 Å². The molecule has 0 amide bonds. The number of ketones is 1. The van der Waals surface area contributed by atoms with E-state index in [-0.39, 0.29) is 5.78 Å². The summed E-state index contributed by atoms with van der Waals surface area (Å²) in [5, 5.41) is 1.08. The smallest absolute Gasteiger partial charge is 0.189 e. The van der Waals surface area contributed by atoms with Crippen LogP contribution in [0.4, 0.5) is 0 Å². The van der Waals surface area contributed by atoms with Crippen molar-refractivity contribution in [1.82, 2.24) is 4.98 Å². The number of nitrogens with one attached hydrogen (secondary N) is 1. The number of aromatic amines is 1. The summed E-state index contributed by atoms with van der Waals surface area (Å²) in [6, 6.07) is 13.1. The van der Waals surface area contributed by atoms with Crippen LogP contribution in [-0.2, 0) is 0 Å². The second kappa shape index (κ2) is 6.40. The van der Waals surface area contributed by atoms with Gasteiger partial charge in [-0.05, 0) is 35.9 Å². The molecule has 0 spiro atoms. The molecule has 0 unspecified atom stereocenters. The highest BCUT2D eigenvalue weighted by molar-refractivity contribution is 6.09. The number of hydrogen-bond acceptors (Lipinski definition) is 3. The van der Waals surface area contributed by atoms with Crippen LogP contribution in [0.2, 0.25) is 0 Å². The van der Waals surface area contributed by atoms with Gasteiger partial charge in [0.15, 0.2) is 5.78 Å². The fourth-order valence-corrected chi connectivity index (χ4v) is 2.49. The molecule has 0 atom stereocenters. The summed E-state index contributed by atoms with van der Waals surface area (Å²) in [4.78, 5) is 15.6. The SMILES string of the molecule is COc1ccc(C(=O)/C=C/c2c[nH]c3ccccc23)c(OC)c1. The number of rotatable bonds is 5. The van der Waals surface area contributed by atoms with E-state index in [4.69, 9.17) is 9.47 Å². The van der Waals surface area contributed by atoms with Gasteiger partial charge in [-0.3, -0.25) is 4.79 Å². The van der Waals surface area contributed by atoms with E-state index in [9.17, 15) is 4.79 Å². The number of carbonyl (C=O) groups excluding carboxylic acids is 1. The predicted molar refractivity (Wildman–Crippen MR) is 91.2 cm³/mol. The number of methoxy groups -OCH3 is 2. The zero-order valence-electron chi connectivity index (χ0n) is 13.0. The van der Waals surface area contributed by atoms with Crippen LogP contribution in [0.3, 0.4) is 0 Å². The van der Waals surface area contributed by atoms with Crippen molar-refractivity contribution in [3.63, 3.8) is 0 Å². The number of allylic oxidation sites excluding steroid dienone is 1. The van der Waals surface area contributed by atoms with E-state index >= 15 is 0 Å². The Hall–Kier alpha value is -3.01. The minimum atomic E-state index is -0.116. The lowest BCUT2D eigenvalue weighted by atomic mass is 10.1. The number of H-pyrrole nitrogens is 1. The Morgan fingerprint density at radius 3 is 2.70 bits per heavy atom. The first kappa shape index (κ1) is 14.9. The molecule has 0 saturated heterocycles. The Labute approximate surface area is 134 Å². The molecule has 1 heterocycles. The lowest BCUT2D eigenvalue weighted by molar-refractivity contribution is 0.104. The molecule has 0 radical (unpaired) electrons. The number of para-hydroxylation sites is 1. The summed E-state index contributed by atoms with van der Waals surface area (Å²) in [6.07, 6.45) is 5.25. The second-order valence-electron chi connectivity index (χ2n) is 5.05. The molecule has 116 valence electrons. The lowest BCUT2D eigenvalue weighted by Crippen LogP contribution is -1.99. The van der Waals surface area contributed by atoms with E-state index in [2.05, 4.69) is 4.98 Å². The van der Waals surface area contributed by atoms with Crippen molar-refractivity contribution >= 4 is 22.8 Å². The fourth-order valence-electron chi connectivity index (χ4n) is 2.49. The Morgan fingerprint density at radius 1 is 1.09 bits per heavy atom. The first-order chi connectivity index (χ1) is 11.2. The zero-order valence-corrected chi connectivity index (χ0v) is 13.0. The molecule has 0 aliphatic carbocycles. The van der Waals surface area contributed by atoms with E-state index < -0.39 is 0 Å². The van der Waals surface area contributed by atoms with Crippen molar-refractivity contribution < 1.29 is 14.3 Å². The third-order valence-corrected chi connectivity index (χ3v) is 3.71. The zero-order chi connectivity index (χ0) is 16.2. The van der Waals surface area contributed by atoms with Gasteiger partial charge in [-0.2, -0.15) is 0 Å². The largest absolute Gasteiger partial charge is 0.497 e. The van der Waals surface area contributed by atoms with Crippen LogP contribution in [0.5, 0.6) is 11.5 Å². The van der Waals surface area contributed by atoms with Crippen LogP contribution in [0.15, 0.2) is 54.7 Å². The first-order valence-electron chi connectivity index (χ1n) is 7.23. The maximum atomic E-state index is 12.4. The second-order valence-corrected chi connectivity index (χ2v) is 5.05. The molecule has 0 saturated carbocycles. The van der Waals surface area contributed by atoms with Crippen LogP contribution in [0, 0.1) is 0 Å². The summed E-state index contributed by atoms with van der Waals surface area (Å²) in [6.45, 7) is 0. The average Bonchev–Trinajstić information content (AvgIpc) is 3.02. The van der Waals surface area contributed by atoms with Gasteiger partial charge < -0.3 is 14.5 Å². The highest BCUT2D eigenvalue weighted by Gasteiger charge is 2.11. The molecular formula is C19H17NO3. The molecule has 4 nitrogen and oxygen atoms in total. The summed E-state index contributed by atoms with van der Waals surface area (Å²) in [5.74, 6) is 1.03. The molecule has 2 aromatic carbocycles. The monoisotopic (exact) mass is 307 g/mol. The van der Waals surface area contributed by atoms with E-state index in [1.165, 1.54) is 7.11 Å². The first-order valence-corrected chi connectivity index (χ1v) is 7.23. The maximum Gasteiger partial charge on any atom is 0.189 e. The van der Waals surface area contributed by atoms with E-state index in [1.54, 1.807) is 31.4 Å². The van der Waals surface area contributed by atoms with Crippen LogP contribution in [0.1, 0.15) is 15.9 Å². The molecule has 3 rings (SSSR count). The molecule has 1 aromatic heterocycles. The molecule has 3 aromatic rings. The van der Waals surface area contributed by atoms with Crippen LogP contribution >= 0.6 is 0 Å². The molecule has 4 heteroatoms. The van der Waals surface area contributed by atoms with Crippen LogP contribution < -0.4 is 9.47 Å². The predicted octanol–water partition coefficient (Wildman–Crippen LogP) is 4.08. The minimum absolute atomic E-state index is 0.116. The summed E-state index contributed by atoms with van der Waals surface area (Å²) >= 11 is 0. The molecule has 0 aliphatic rings. The number of ether oxygens (including phenoxy) is 2. The van der Waals surface area contributed by atoms with Crippen molar-refractivity contribution in [1.29, 1.82) is 0 Å². The number of aromatic nitrogens is 1. The van der Waals surface area contributed by atoms with Gasteiger partial charge in [0.1, 0.15) is 11.5 Å². The summed E-state index contributed by atoms with van der Waals surface area (Å²) in [7, 11) is 3.11. The van der Waals surface area contributed by atoms with Gasteiger partial charge in [0.25, 0.3) is 0 Å². The Morgan fingerprint density at radius 2 is 1.91 bits per heavy atom. The van der Waals surface area contributed by atoms with Gasteiger partial charge in [-0.1, -0.05) is 18.2 Å². The van der Waals surface area contributed by atoms with Crippen molar-refractivity contribution in [3.05, 3.63) is 65.9 Å². The lowest BCUT2D eigenvalue weighted by Gasteiger charge is -2.07. The third-order valence-electron chi connectivity index (χ3n) is 3.71. The van der Waals surface area contributed by atoms with Crippen LogP contribution in [-0.4, -0.2) is 25.0 Å². The fraction of sp³-hybridized carbons (Fsp3) is 0.105. The van der Waals surface area contributed by atoms with Gasteiger partial charge in [-0.25, -0.2) is 0 Å². The molecule has 1 N–H and O–H groups in total. The average molecular weight is 307 g/mol. The van der Waals surface area contributed by atoms with Gasteiger partial charge in [0, 0.05) is 23.2 Å². The number of hydrogen-bond donors (Lipinski definition) is 1. The quantitative estimate of drug-likeness (QED) is 0.571. The van der Waals surface area contributed by atoms with Crippen molar-refractivity contribution in [3.8, 4) is 11.5 Å². The molecule has 0 aliphatic heterocycles. The van der Waals surface area contributed by atoms with E-state index in [0.717, 1.165) is 16.5 Å². The topological polar surface area (TPSA) is 51.3 Å². The maximum absolute atomic E-state index is 12.4. The Bertz CT molecular complexity index is 877. The van der Waals surface area contributed by atoms with E-state index in [0.29, 0.717) is 17.1 Å². The highest BCUT2D eigenvalue weighted by Crippen LogP contribution is 2.26. The number of carbonyl (C=O) groups is 1. The van der Waals surface area contributed by atoms with Crippen molar-refractivity contribution in [2.24, 2.45) is 0 Å². The molecule has 0 bridgehead atoms. The number of fused-ring (bicyclic) bond motifs is 1. The molecular weight excluding hydrogens is 290 g/mol. The minimum Gasteiger partial charge on any atom is -0.497 e. The number of benzene rings is 2. The van der Waals surface area contributed by atoms with Gasteiger partial charge in [0.05, 0.1) is 19.8 Å². The van der Waals surface area contributed by atoms with Gasteiger partial charge in [-0.15, -0.1) is 0 Å². The highest BCUT2D eigenvalue weighted by atomic mass is 16.5. The van der Waals surface area contributed by atoms with Crippen molar-refractivity contribution in [2.45, 2.75) is 0 Å². The Balaban J connectivity index is 1.89. The normalized spacial score (nSPS) is 11.0. The molecule has 23 heavy (non-hydrogen) atoms. The van der Waals surface area contributed by atoms with Gasteiger partial charge in [0.2, 0.25) is 0 Å². The van der Waals surface area contributed by atoms with E-state index in [1.807, 2.05) is 36.5 Å². The van der Waals surface area contributed by atoms with Gasteiger partial charge >= 0.3 is 0 Å². The summed E-state index contributed by atoms with van der Waals surface area (Å²) in [5.41, 5.74) is 2.52.